The van der Waals surface area contributed by atoms with Crippen molar-refractivity contribution >= 4 is 0 Å². The fraction of sp³-hybridized carbons (Fsp3) is 0.286. The van der Waals surface area contributed by atoms with Crippen LogP contribution in [0.25, 0.3) is 22.5 Å². The van der Waals surface area contributed by atoms with E-state index in [1.807, 2.05) is 0 Å². The molecule has 0 fully saturated rings. The largest absolute Gasteiger partial charge is 0.333 e. The standard InChI is InChI=1S/C21H24N3/c1-6-21(4)20(2,3)23-13-12-17(16-10-8-7-9-11-16)19(23)18-14-22(5)15-24(18)21/h6-15H,1H2,2-5H3/q+1. The quantitative estimate of drug-likeness (QED) is 0.499. The van der Waals surface area contributed by atoms with Crippen LogP contribution in [0.2, 0.25) is 0 Å². The van der Waals surface area contributed by atoms with Gasteiger partial charge in [-0.15, -0.1) is 0 Å². The van der Waals surface area contributed by atoms with Crippen LogP contribution in [-0.2, 0) is 18.1 Å². The van der Waals surface area contributed by atoms with Crippen LogP contribution < -0.4 is 4.57 Å². The van der Waals surface area contributed by atoms with Crippen LogP contribution in [0.4, 0.5) is 0 Å². The third kappa shape index (κ3) is 1.70. The van der Waals surface area contributed by atoms with Crippen molar-refractivity contribution in [2.75, 3.05) is 0 Å². The van der Waals surface area contributed by atoms with Gasteiger partial charge < -0.3 is 4.57 Å². The van der Waals surface area contributed by atoms with Crippen molar-refractivity contribution in [2.24, 2.45) is 7.05 Å². The molecule has 1 aromatic carbocycles. The molecule has 3 aromatic rings. The van der Waals surface area contributed by atoms with E-state index in [1.54, 1.807) is 0 Å². The molecule has 0 bridgehead atoms. The summed E-state index contributed by atoms with van der Waals surface area (Å²) in [4.78, 5) is 0. The van der Waals surface area contributed by atoms with Crippen molar-refractivity contribution in [2.45, 2.75) is 31.8 Å². The van der Waals surface area contributed by atoms with Crippen LogP contribution in [0.3, 0.4) is 0 Å². The fourth-order valence-electron chi connectivity index (χ4n) is 3.98. The Morgan fingerprint density at radius 1 is 1.04 bits per heavy atom. The number of fused-ring (bicyclic) bond motifs is 3. The van der Waals surface area contributed by atoms with Crippen molar-refractivity contribution in [1.29, 1.82) is 0 Å². The Morgan fingerprint density at radius 3 is 2.42 bits per heavy atom. The molecule has 4 rings (SSSR count). The van der Waals surface area contributed by atoms with Crippen molar-refractivity contribution in [3.05, 3.63) is 67.8 Å². The summed E-state index contributed by atoms with van der Waals surface area (Å²) < 4.78 is 6.90. The van der Waals surface area contributed by atoms with E-state index in [4.69, 9.17) is 0 Å². The van der Waals surface area contributed by atoms with Crippen LogP contribution in [0.5, 0.6) is 0 Å². The highest BCUT2D eigenvalue weighted by Gasteiger charge is 2.52. The van der Waals surface area contributed by atoms with Gasteiger partial charge in [0, 0.05) is 11.8 Å². The smallest absolute Gasteiger partial charge is 0.244 e. The first-order valence-electron chi connectivity index (χ1n) is 8.39. The highest BCUT2D eigenvalue weighted by Crippen LogP contribution is 2.48. The molecular formula is C21H24N3+. The van der Waals surface area contributed by atoms with E-state index in [0.29, 0.717) is 0 Å². The number of benzene rings is 1. The third-order valence-electron chi connectivity index (χ3n) is 5.84. The summed E-state index contributed by atoms with van der Waals surface area (Å²) in [6, 6.07) is 12.8. The van der Waals surface area contributed by atoms with Gasteiger partial charge in [0.1, 0.15) is 17.4 Å². The van der Waals surface area contributed by atoms with E-state index >= 15 is 0 Å². The maximum Gasteiger partial charge on any atom is 0.244 e. The van der Waals surface area contributed by atoms with Crippen LogP contribution in [0.1, 0.15) is 20.8 Å². The first-order valence-corrected chi connectivity index (χ1v) is 8.39. The number of imidazole rings is 1. The number of allylic oxidation sites excluding steroid dienone is 1. The van der Waals surface area contributed by atoms with E-state index in [2.05, 4.69) is 109 Å². The Balaban J connectivity index is 2.08. The summed E-state index contributed by atoms with van der Waals surface area (Å²) in [5.74, 6) is 0. The molecule has 3 heterocycles. The summed E-state index contributed by atoms with van der Waals surface area (Å²) in [7, 11) is 2.08. The Hall–Kier alpha value is -2.55. The number of nitrogens with zero attached hydrogens (tertiary/aromatic N) is 3. The number of hydrogen-bond donors (Lipinski definition) is 0. The van der Waals surface area contributed by atoms with Gasteiger partial charge >= 0.3 is 0 Å². The van der Waals surface area contributed by atoms with Crippen molar-refractivity contribution in [3.8, 4) is 22.5 Å². The molecule has 0 saturated carbocycles. The fourth-order valence-corrected chi connectivity index (χ4v) is 3.98. The summed E-state index contributed by atoms with van der Waals surface area (Å²) in [6.07, 6.45) is 8.66. The first kappa shape index (κ1) is 15.0. The molecule has 3 nitrogen and oxygen atoms in total. The zero-order valence-corrected chi connectivity index (χ0v) is 14.8. The molecule has 3 heteroatoms. The minimum absolute atomic E-state index is 0.129. The van der Waals surface area contributed by atoms with Gasteiger partial charge in [-0.3, -0.25) is 0 Å². The number of rotatable bonds is 2. The van der Waals surface area contributed by atoms with Crippen LogP contribution >= 0.6 is 0 Å². The second kappa shape index (κ2) is 4.73. The Morgan fingerprint density at radius 2 is 1.75 bits per heavy atom. The first-order chi connectivity index (χ1) is 11.4. The predicted molar refractivity (Wildman–Crippen MR) is 97.6 cm³/mol. The van der Waals surface area contributed by atoms with E-state index in [0.717, 1.165) is 0 Å². The van der Waals surface area contributed by atoms with Crippen molar-refractivity contribution in [3.63, 3.8) is 0 Å². The summed E-state index contributed by atoms with van der Waals surface area (Å²) >= 11 is 0. The van der Waals surface area contributed by atoms with Gasteiger partial charge in [-0.1, -0.05) is 36.9 Å². The van der Waals surface area contributed by atoms with Crippen molar-refractivity contribution in [1.82, 2.24) is 9.13 Å². The molecular weight excluding hydrogens is 294 g/mol. The lowest BCUT2D eigenvalue weighted by Crippen LogP contribution is -2.52. The zero-order valence-electron chi connectivity index (χ0n) is 14.8. The van der Waals surface area contributed by atoms with Crippen LogP contribution in [0, 0.1) is 0 Å². The number of aromatic nitrogens is 3. The lowest BCUT2D eigenvalue weighted by molar-refractivity contribution is -0.671. The Kier molecular flexibility index (Phi) is 2.96. The monoisotopic (exact) mass is 318 g/mol. The Bertz CT molecular complexity index is 927. The van der Waals surface area contributed by atoms with Gasteiger partial charge in [-0.2, -0.15) is 0 Å². The zero-order chi connectivity index (χ0) is 17.1. The molecule has 0 saturated heterocycles. The molecule has 0 amide bonds. The summed E-state index contributed by atoms with van der Waals surface area (Å²) in [5.41, 5.74) is 4.68. The van der Waals surface area contributed by atoms with Gasteiger partial charge in [-0.05, 0) is 38.5 Å². The lowest BCUT2D eigenvalue weighted by Gasteiger charge is -2.45. The topological polar surface area (TPSA) is 13.7 Å². The second-order valence-corrected chi connectivity index (χ2v) is 7.39. The van der Waals surface area contributed by atoms with E-state index in [1.165, 1.54) is 22.5 Å². The van der Waals surface area contributed by atoms with Crippen LogP contribution in [0.15, 0.2) is 67.8 Å². The number of hydrogen-bond acceptors (Lipinski definition) is 0. The minimum Gasteiger partial charge on any atom is -0.333 e. The van der Waals surface area contributed by atoms with E-state index < -0.39 is 0 Å². The van der Waals surface area contributed by atoms with Gasteiger partial charge in [0.15, 0.2) is 5.69 Å². The van der Waals surface area contributed by atoms with Crippen LogP contribution in [-0.4, -0.2) is 9.13 Å². The van der Waals surface area contributed by atoms with Gasteiger partial charge in [-0.25, -0.2) is 9.13 Å². The molecule has 24 heavy (non-hydrogen) atoms. The van der Waals surface area contributed by atoms with Gasteiger partial charge in [0.05, 0.1) is 12.6 Å². The van der Waals surface area contributed by atoms with Crippen molar-refractivity contribution < 1.29 is 4.57 Å². The predicted octanol–water partition coefficient (Wildman–Crippen LogP) is 4.10. The summed E-state index contributed by atoms with van der Waals surface area (Å²) in [5, 5.41) is 0. The molecule has 0 N–H and O–H groups in total. The molecule has 1 atom stereocenters. The second-order valence-electron chi connectivity index (χ2n) is 7.39. The SMILES string of the molecule is C=CC1(C)n2c[n+](C)cc2-c2c(-c3ccccc3)ccn2C1(C)C. The average Bonchev–Trinajstić information content (AvgIpc) is 3.18. The summed E-state index contributed by atoms with van der Waals surface area (Å²) in [6.45, 7) is 11.0. The average molecular weight is 318 g/mol. The minimum atomic E-state index is -0.205. The third-order valence-corrected chi connectivity index (χ3v) is 5.84. The lowest BCUT2D eigenvalue weighted by atomic mass is 9.78. The van der Waals surface area contributed by atoms with Gasteiger partial charge in [0.25, 0.3) is 0 Å². The molecule has 0 radical (unpaired) electrons. The molecule has 1 unspecified atom stereocenters. The molecule has 0 spiro atoms. The molecule has 122 valence electrons. The molecule has 2 aromatic heterocycles. The molecule has 1 aliphatic rings. The highest BCUT2D eigenvalue weighted by atomic mass is 15.3. The van der Waals surface area contributed by atoms with E-state index in [9.17, 15) is 0 Å². The molecule has 1 aliphatic heterocycles. The maximum atomic E-state index is 4.15. The number of aryl methyl sites for hydroxylation is 1. The highest BCUT2D eigenvalue weighted by molar-refractivity contribution is 5.81. The van der Waals surface area contributed by atoms with E-state index in [-0.39, 0.29) is 11.1 Å². The normalized spacial score (nSPS) is 21.2. The van der Waals surface area contributed by atoms with Gasteiger partial charge in [0.2, 0.25) is 6.33 Å². The maximum absolute atomic E-state index is 4.15. The Labute approximate surface area is 143 Å². The molecule has 0 aliphatic carbocycles.